The third-order valence-electron chi connectivity index (χ3n) is 1.20. The van der Waals surface area contributed by atoms with Gasteiger partial charge in [0, 0.05) is 0 Å². The van der Waals surface area contributed by atoms with Crippen LogP contribution >= 0.6 is 11.3 Å². The third-order valence-corrected chi connectivity index (χ3v) is 2.07. The number of halogens is 1. The lowest BCUT2D eigenvalue weighted by Gasteiger charge is -1.88. The number of aryl methyl sites for hydroxylation is 1. The van der Waals surface area contributed by atoms with Gasteiger partial charge in [-0.2, -0.15) is 4.39 Å². The standard InChI is InChI=1S/C6H6FNO2S/c1-2-3-4(5(9)10)11-6(7)8-3/h2H2,1H3,(H,9,10). The van der Waals surface area contributed by atoms with Crippen LogP contribution in [0, 0.1) is 5.26 Å². The van der Waals surface area contributed by atoms with Crippen LogP contribution in [0.3, 0.4) is 0 Å². The summed E-state index contributed by atoms with van der Waals surface area (Å²) in [4.78, 5) is 13.8. The fourth-order valence-corrected chi connectivity index (χ4v) is 1.45. The van der Waals surface area contributed by atoms with Crippen molar-refractivity contribution in [3.05, 3.63) is 15.8 Å². The van der Waals surface area contributed by atoms with Crippen molar-refractivity contribution in [2.45, 2.75) is 13.3 Å². The van der Waals surface area contributed by atoms with E-state index in [0.717, 1.165) is 0 Å². The van der Waals surface area contributed by atoms with E-state index >= 15 is 0 Å². The number of carboxylic acids is 1. The maximum atomic E-state index is 12.4. The molecular formula is C6H6FNO2S. The van der Waals surface area contributed by atoms with Crippen LogP contribution in [-0.4, -0.2) is 16.1 Å². The quantitative estimate of drug-likeness (QED) is 0.741. The second kappa shape index (κ2) is 2.96. The van der Waals surface area contributed by atoms with Crippen molar-refractivity contribution in [3.63, 3.8) is 0 Å². The van der Waals surface area contributed by atoms with Crippen molar-refractivity contribution < 1.29 is 14.3 Å². The van der Waals surface area contributed by atoms with Crippen molar-refractivity contribution in [3.8, 4) is 0 Å². The molecule has 11 heavy (non-hydrogen) atoms. The maximum absolute atomic E-state index is 12.4. The molecule has 1 aromatic heterocycles. The van der Waals surface area contributed by atoms with Gasteiger partial charge in [0.05, 0.1) is 5.69 Å². The van der Waals surface area contributed by atoms with Crippen molar-refractivity contribution in [2.75, 3.05) is 0 Å². The second-order valence-corrected chi connectivity index (χ2v) is 2.85. The predicted octanol–water partition coefficient (Wildman–Crippen LogP) is 1.54. The number of hydrogen-bond donors (Lipinski definition) is 1. The predicted molar refractivity (Wildman–Crippen MR) is 38.4 cm³/mol. The van der Waals surface area contributed by atoms with Crippen LogP contribution in [0.4, 0.5) is 4.39 Å². The highest BCUT2D eigenvalue weighted by Crippen LogP contribution is 2.17. The number of aromatic carboxylic acids is 1. The monoisotopic (exact) mass is 175 g/mol. The highest BCUT2D eigenvalue weighted by molar-refractivity contribution is 7.12. The summed E-state index contributed by atoms with van der Waals surface area (Å²) in [6.07, 6.45) is 0.446. The number of rotatable bonds is 2. The first kappa shape index (κ1) is 8.13. The molecule has 1 rings (SSSR count). The Labute approximate surface area is 66.5 Å². The Balaban J connectivity index is 3.12. The Bertz CT molecular complexity index is 284. The van der Waals surface area contributed by atoms with Crippen LogP contribution in [0.1, 0.15) is 22.3 Å². The molecule has 0 saturated heterocycles. The van der Waals surface area contributed by atoms with Crippen LogP contribution in [0.5, 0.6) is 0 Å². The van der Waals surface area contributed by atoms with Gasteiger partial charge in [-0.05, 0) is 6.42 Å². The number of hydrogen-bond acceptors (Lipinski definition) is 3. The Morgan fingerprint density at radius 1 is 1.82 bits per heavy atom. The number of thiazole rings is 1. The van der Waals surface area contributed by atoms with E-state index in [1.165, 1.54) is 0 Å². The van der Waals surface area contributed by atoms with E-state index in [0.29, 0.717) is 23.5 Å². The van der Waals surface area contributed by atoms with Crippen LogP contribution in [0.2, 0.25) is 0 Å². The van der Waals surface area contributed by atoms with E-state index in [2.05, 4.69) is 4.98 Å². The van der Waals surface area contributed by atoms with Crippen LogP contribution in [0.25, 0.3) is 0 Å². The van der Waals surface area contributed by atoms with Gasteiger partial charge in [-0.25, -0.2) is 9.78 Å². The molecule has 0 aliphatic heterocycles. The third kappa shape index (κ3) is 1.54. The molecule has 0 radical (unpaired) electrons. The molecule has 3 nitrogen and oxygen atoms in total. The zero-order valence-corrected chi connectivity index (χ0v) is 6.61. The van der Waals surface area contributed by atoms with Crippen LogP contribution < -0.4 is 0 Å². The van der Waals surface area contributed by atoms with Gasteiger partial charge < -0.3 is 5.11 Å². The molecule has 0 atom stereocenters. The van der Waals surface area contributed by atoms with Crippen molar-refractivity contribution in [2.24, 2.45) is 0 Å². The Morgan fingerprint density at radius 2 is 2.45 bits per heavy atom. The largest absolute Gasteiger partial charge is 0.477 e. The summed E-state index contributed by atoms with van der Waals surface area (Å²) >= 11 is 0.570. The molecule has 0 aliphatic carbocycles. The molecule has 0 saturated carbocycles. The summed E-state index contributed by atoms with van der Waals surface area (Å²) in [6, 6.07) is 0. The molecule has 0 fully saturated rings. The Hall–Kier alpha value is -0.970. The zero-order chi connectivity index (χ0) is 8.43. The number of aromatic nitrogens is 1. The summed E-state index contributed by atoms with van der Waals surface area (Å²) in [5, 5.41) is 7.83. The minimum absolute atomic E-state index is 0.00463. The van der Waals surface area contributed by atoms with Gasteiger partial charge in [0.2, 0.25) is 0 Å². The molecule has 0 spiro atoms. The lowest BCUT2D eigenvalue weighted by Crippen LogP contribution is -1.97. The highest BCUT2D eigenvalue weighted by atomic mass is 32.1. The molecule has 1 aromatic rings. The van der Waals surface area contributed by atoms with E-state index in [4.69, 9.17) is 5.11 Å². The van der Waals surface area contributed by atoms with Gasteiger partial charge in [-0.15, -0.1) is 0 Å². The van der Waals surface area contributed by atoms with Gasteiger partial charge in [-0.3, -0.25) is 0 Å². The normalized spacial score (nSPS) is 10.0. The molecule has 0 bridgehead atoms. The van der Waals surface area contributed by atoms with Crippen LogP contribution in [-0.2, 0) is 6.42 Å². The fourth-order valence-electron chi connectivity index (χ4n) is 0.730. The average molecular weight is 175 g/mol. The first-order chi connectivity index (χ1) is 5.15. The summed E-state index contributed by atoms with van der Waals surface area (Å²) in [6.45, 7) is 1.74. The molecule has 0 aromatic carbocycles. The van der Waals surface area contributed by atoms with E-state index in [-0.39, 0.29) is 4.88 Å². The molecule has 0 amide bonds. The molecule has 0 aliphatic rings. The Morgan fingerprint density at radius 3 is 2.82 bits per heavy atom. The SMILES string of the molecule is CCc1nc(F)sc1C(=O)O. The summed E-state index contributed by atoms with van der Waals surface area (Å²) < 4.78 is 12.4. The van der Waals surface area contributed by atoms with E-state index in [1.807, 2.05) is 0 Å². The van der Waals surface area contributed by atoms with E-state index in [1.54, 1.807) is 6.92 Å². The first-order valence-corrected chi connectivity index (χ1v) is 3.85. The van der Waals surface area contributed by atoms with E-state index in [9.17, 15) is 9.18 Å². The minimum atomic E-state index is -1.11. The number of nitrogens with zero attached hydrogens (tertiary/aromatic N) is 1. The van der Waals surface area contributed by atoms with Gasteiger partial charge in [0.25, 0.3) is 5.26 Å². The molecular weight excluding hydrogens is 169 g/mol. The molecule has 5 heteroatoms. The Kier molecular flexibility index (Phi) is 2.19. The second-order valence-electron chi connectivity index (χ2n) is 1.90. The van der Waals surface area contributed by atoms with Crippen molar-refractivity contribution in [1.82, 2.24) is 4.98 Å². The molecule has 1 N–H and O–H groups in total. The van der Waals surface area contributed by atoms with Gasteiger partial charge in [0.1, 0.15) is 4.88 Å². The smallest absolute Gasteiger partial charge is 0.347 e. The molecule has 0 unspecified atom stereocenters. The minimum Gasteiger partial charge on any atom is -0.477 e. The molecule has 60 valence electrons. The van der Waals surface area contributed by atoms with Crippen molar-refractivity contribution >= 4 is 17.3 Å². The fraction of sp³-hybridized carbons (Fsp3) is 0.333. The molecule has 1 heterocycles. The summed E-state index contributed by atoms with van der Waals surface area (Å²) in [5.41, 5.74) is 0.319. The highest BCUT2D eigenvalue weighted by Gasteiger charge is 2.14. The van der Waals surface area contributed by atoms with Gasteiger partial charge in [-0.1, -0.05) is 18.3 Å². The summed E-state index contributed by atoms with van der Waals surface area (Å²) in [7, 11) is 0. The van der Waals surface area contributed by atoms with Gasteiger partial charge in [0.15, 0.2) is 0 Å². The summed E-state index contributed by atoms with van der Waals surface area (Å²) in [5.74, 6) is -1.11. The van der Waals surface area contributed by atoms with Crippen LogP contribution in [0.15, 0.2) is 0 Å². The zero-order valence-electron chi connectivity index (χ0n) is 5.80. The first-order valence-electron chi connectivity index (χ1n) is 3.03. The van der Waals surface area contributed by atoms with E-state index < -0.39 is 11.2 Å². The van der Waals surface area contributed by atoms with Gasteiger partial charge >= 0.3 is 5.97 Å². The maximum Gasteiger partial charge on any atom is 0.347 e. The number of carbonyl (C=O) groups is 1. The lowest BCUT2D eigenvalue weighted by molar-refractivity contribution is 0.0701. The topological polar surface area (TPSA) is 50.2 Å². The number of carboxylic acid groups (broad SMARTS) is 1. The van der Waals surface area contributed by atoms with Crippen molar-refractivity contribution in [1.29, 1.82) is 0 Å². The average Bonchev–Trinajstić information content (AvgIpc) is 2.30. The lowest BCUT2D eigenvalue weighted by atomic mass is 10.3.